The Morgan fingerprint density at radius 1 is 1.00 bits per heavy atom. The third-order valence-electron chi connectivity index (χ3n) is 5.01. The lowest BCUT2D eigenvalue weighted by Gasteiger charge is -2.23. The second-order valence-electron chi connectivity index (χ2n) is 10.7. The summed E-state index contributed by atoms with van der Waals surface area (Å²) >= 11 is 7.00. The highest BCUT2D eigenvalue weighted by atomic mass is 79.9. The molecule has 1 aliphatic rings. The minimum atomic E-state index is -1.01. The predicted octanol–water partition coefficient (Wildman–Crippen LogP) is 4.54. The van der Waals surface area contributed by atoms with Crippen LogP contribution < -0.4 is 16.0 Å². The molecule has 2 rings (SSSR count). The number of aliphatic imine (C=N–C) groups is 1. The van der Waals surface area contributed by atoms with Gasteiger partial charge in [0.15, 0.2) is 5.78 Å². The molecule has 0 bridgehead atoms. The molecule has 1 fully saturated rings. The predicted molar refractivity (Wildman–Crippen MR) is 146 cm³/mol. The molecular formula is C25H34Br2N4O6. The second-order valence-corrected chi connectivity index (χ2v) is 12.4. The summed E-state index contributed by atoms with van der Waals surface area (Å²) in [6, 6.07) is 2.72. The molecule has 1 saturated heterocycles. The standard InChI is InChI=1S/C25H34Br2N4O6/c1-13-16(26)11-14(12-17(13)27)10-15-19(32)18(8-9-28-20(15)33)29-21(30-22(34)36-24(2,3)4)31-23(35)37-25(5,6)7/h11-12,15,18H,8-10H2,1-7H3,(H,28,33)(H2,29,30,31,34,35). The quantitative estimate of drug-likeness (QED) is 0.251. The van der Waals surface area contributed by atoms with Gasteiger partial charge in [0.1, 0.15) is 23.2 Å². The number of ketones is 1. The number of halogens is 2. The third-order valence-corrected chi connectivity index (χ3v) is 6.66. The maximum atomic E-state index is 13.5. The van der Waals surface area contributed by atoms with E-state index in [4.69, 9.17) is 9.47 Å². The summed E-state index contributed by atoms with van der Waals surface area (Å²) in [5.41, 5.74) is 0.157. The van der Waals surface area contributed by atoms with Crippen LogP contribution in [-0.4, -0.2) is 53.6 Å². The monoisotopic (exact) mass is 644 g/mol. The molecule has 1 heterocycles. The van der Waals surface area contributed by atoms with Gasteiger partial charge in [-0.05, 0) is 84.6 Å². The zero-order valence-electron chi connectivity index (χ0n) is 22.1. The highest BCUT2D eigenvalue weighted by molar-refractivity contribution is 9.11. The Labute approximate surface area is 234 Å². The molecule has 204 valence electrons. The van der Waals surface area contributed by atoms with Crippen molar-refractivity contribution in [2.24, 2.45) is 10.9 Å². The maximum absolute atomic E-state index is 13.5. The Kier molecular flexibility index (Phi) is 10.3. The minimum absolute atomic E-state index is 0.155. The van der Waals surface area contributed by atoms with Crippen LogP contribution in [-0.2, 0) is 25.5 Å². The number of Topliss-reactive ketones (excluding diaryl/α,β-unsaturated/α-hetero) is 1. The van der Waals surface area contributed by atoms with Crippen molar-refractivity contribution < 1.29 is 28.7 Å². The number of carbonyl (C=O) groups excluding carboxylic acids is 4. The van der Waals surface area contributed by atoms with Crippen molar-refractivity contribution in [1.82, 2.24) is 16.0 Å². The Morgan fingerprint density at radius 3 is 1.95 bits per heavy atom. The van der Waals surface area contributed by atoms with E-state index in [1.807, 2.05) is 19.1 Å². The first-order valence-electron chi connectivity index (χ1n) is 11.8. The first-order chi connectivity index (χ1) is 16.9. The summed E-state index contributed by atoms with van der Waals surface area (Å²) in [5, 5.41) is 7.52. The average molecular weight is 646 g/mol. The van der Waals surface area contributed by atoms with Crippen molar-refractivity contribution in [3.8, 4) is 0 Å². The van der Waals surface area contributed by atoms with Crippen LogP contribution in [0.25, 0.3) is 0 Å². The number of guanidine groups is 1. The molecular weight excluding hydrogens is 612 g/mol. The molecule has 0 aromatic heterocycles. The fraction of sp³-hybridized carbons (Fsp3) is 0.560. The SMILES string of the molecule is Cc1c(Br)cc(CC2C(=O)NCCC(N=C(NC(=O)OC(C)(C)C)NC(=O)OC(C)(C)C)C2=O)cc1Br. The number of benzene rings is 1. The maximum Gasteiger partial charge on any atom is 0.414 e. The molecule has 2 atom stereocenters. The summed E-state index contributed by atoms with van der Waals surface area (Å²) in [6.45, 7) is 12.2. The number of ether oxygens (including phenoxy) is 2. The van der Waals surface area contributed by atoms with Crippen LogP contribution in [0, 0.1) is 12.8 Å². The van der Waals surface area contributed by atoms with Crippen LogP contribution in [0.5, 0.6) is 0 Å². The van der Waals surface area contributed by atoms with Gasteiger partial charge in [-0.25, -0.2) is 14.6 Å². The van der Waals surface area contributed by atoms with Gasteiger partial charge >= 0.3 is 12.2 Å². The number of nitrogens with one attached hydrogen (secondary N) is 3. The van der Waals surface area contributed by atoms with Crippen molar-refractivity contribution in [3.05, 3.63) is 32.2 Å². The van der Waals surface area contributed by atoms with E-state index in [-0.39, 0.29) is 25.3 Å². The van der Waals surface area contributed by atoms with E-state index in [0.717, 1.165) is 20.1 Å². The number of nitrogens with zero attached hydrogens (tertiary/aromatic N) is 1. The van der Waals surface area contributed by atoms with Crippen LogP contribution >= 0.6 is 31.9 Å². The van der Waals surface area contributed by atoms with E-state index < -0.39 is 47.0 Å². The van der Waals surface area contributed by atoms with Gasteiger partial charge < -0.3 is 14.8 Å². The minimum Gasteiger partial charge on any atom is -0.444 e. The first kappa shape index (κ1) is 30.8. The van der Waals surface area contributed by atoms with Crippen LogP contribution in [0.1, 0.15) is 59.1 Å². The van der Waals surface area contributed by atoms with E-state index >= 15 is 0 Å². The van der Waals surface area contributed by atoms with Gasteiger partial charge in [0, 0.05) is 15.5 Å². The molecule has 3 N–H and O–H groups in total. The highest BCUT2D eigenvalue weighted by Crippen LogP contribution is 2.28. The Balaban J connectivity index is 2.35. The molecule has 3 amide bonds. The fourth-order valence-electron chi connectivity index (χ4n) is 3.38. The molecule has 0 saturated carbocycles. The van der Waals surface area contributed by atoms with Crippen molar-refractivity contribution in [3.63, 3.8) is 0 Å². The smallest absolute Gasteiger partial charge is 0.414 e. The topological polar surface area (TPSA) is 135 Å². The van der Waals surface area contributed by atoms with E-state index in [9.17, 15) is 19.2 Å². The summed E-state index contributed by atoms with van der Waals surface area (Å²) in [6.07, 6.45) is -1.41. The van der Waals surface area contributed by atoms with E-state index in [1.165, 1.54) is 0 Å². The van der Waals surface area contributed by atoms with Gasteiger partial charge in [-0.2, -0.15) is 0 Å². The van der Waals surface area contributed by atoms with Crippen molar-refractivity contribution in [2.45, 2.75) is 78.6 Å². The lowest BCUT2D eigenvalue weighted by atomic mass is 9.90. The fourth-order valence-corrected chi connectivity index (χ4v) is 4.67. The number of alkyl carbamates (subject to hydrolysis) is 2. The van der Waals surface area contributed by atoms with Crippen molar-refractivity contribution in [2.75, 3.05) is 6.54 Å². The molecule has 10 nitrogen and oxygen atoms in total. The molecule has 2 unspecified atom stereocenters. The van der Waals surface area contributed by atoms with Crippen LogP contribution in [0.3, 0.4) is 0 Å². The summed E-state index contributed by atoms with van der Waals surface area (Å²) in [7, 11) is 0. The van der Waals surface area contributed by atoms with E-state index in [2.05, 4.69) is 52.8 Å². The van der Waals surface area contributed by atoms with Gasteiger partial charge in [0.2, 0.25) is 11.9 Å². The molecule has 1 aliphatic heterocycles. The summed E-state index contributed by atoms with van der Waals surface area (Å²) in [4.78, 5) is 55.4. The number of carbonyl (C=O) groups is 4. The molecule has 0 aliphatic carbocycles. The average Bonchev–Trinajstić information content (AvgIpc) is 2.82. The largest absolute Gasteiger partial charge is 0.444 e. The molecule has 1 aromatic rings. The molecule has 0 spiro atoms. The van der Waals surface area contributed by atoms with E-state index in [1.54, 1.807) is 41.5 Å². The zero-order chi connectivity index (χ0) is 28.1. The lowest BCUT2D eigenvalue weighted by molar-refractivity contribution is -0.133. The third kappa shape index (κ3) is 10.1. The second kappa shape index (κ2) is 12.4. The number of amides is 3. The first-order valence-corrected chi connectivity index (χ1v) is 13.4. The van der Waals surface area contributed by atoms with Gasteiger partial charge in [0.05, 0.1) is 0 Å². The Morgan fingerprint density at radius 2 is 1.49 bits per heavy atom. The van der Waals surface area contributed by atoms with Crippen LogP contribution in [0.15, 0.2) is 26.1 Å². The van der Waals surface area contributed by atoms with Crippen molar-refractivity contribution in [1.29, 1.82) is 0 Å². The van der Waals surface area contributed by atoms with Crippen LogP contribution in [0.2, 0.25) is 0 Å². The number of hydrogen-bond donors (Lipinski definition) is 3. The summed E-state index contributed by atoms with van der Waals surface area (Å²) in [5.74, 6) is -2.16. The van der Waals surface area contributed by atoms with Gasteiger partial charge in [-0.15, -0.1) is 0 Å². The molecule has 0 radical (unpaired) electrons. The van der Waals surface area contributed by atoms with Crippen LogP contribution in [0.4, 0.5) is 9.59 Å². The van der Waals surface area contributed by atoms with E-state index in [0.29, 0.717) is 0 Å². The van der Waals surface area contributed by atoms with Gasteiger partial charge in [0.25, 0.3) is 0 Å². The summed E-state index contributed by atoms with van der Waals surface area (Å²) < 4.78 is 12.2. The van der Waals surface area contributed by atoms with Gasteiger partial charge in [-0.1, -0.05) is 31.9 Å². The zero-order valence-corrected chi connectivity index (χ0v) is 25.3. The Bertz CT molecular complexity index is 1040. The lowest BCUT2D eigenvalue weighted by Crippen LogP contribution is -2.48. The van der Waals surface area contributed by atoms with Crippen molar-refractivity contribution >= 4 is 61.7 Å². The number of hydrogen-bond acceptors (Lipinski definition) is 7. The van der Waals surface area contributed by atoms with Gasteiger partial charge in [-0.3, -0.25) is 20.2 Å². The molecule has 37 heavy (non-hydrogen) atoms. The normalized spacial score (nSPS) is 18.3. The Hall–Kier alpha value is -2.47. The number of rotatable bonds is 3. The molecule has 12 heteroatoms. The molecule has 1 aromatic carbocycles. The highest BCUT2D eigenvalue weighted by Gasteiger charge is 2.36.